The first-order chi connectivity index (χ1) is 11.4. The quantitative estimate of drug-likeness (QED) is 0.674. The molecule has 0 saturated carbocycles. The van der Waals surface area contributed by atoms with Crippen LogP contribution in [0.5, 0.6) is 0 Å². The number of hydrogen-bond acceptors (Lipinski definition) is 3. The number of carbonyl (C=O) groups excluding carboxylic acids is 2. The normalized spacial score (nSPS) is 16.5. The van der Waals surface area contributed by atoms with Crippen LogP contribution in [0, 0.1) is 6.92 Å². The van der Waals surface area contributed by atoms with Crippen molar-refractivity contribution in [1.29, 1.82) is 0 Å². The summed E-state index contributed by atoms with van der Waals surface area (Å²) in [5.41, 5.74) is 4.12. The van der Waals surface area contributed by atoms with Crippen LogP contribution in [-0.2, 0) is 16.1 Å². The zero-order valence-corrected chi connectivity index (χ0v) is 14.7. The van der Waals surface area contributed by atoms with Gasteiger partial charge >= 0.3 is 5.97 Å². The predicted octanol–water partition coefficient (Wildman–Crippen LogP) is 3.53. The molecule has 0 aromatic carbocycles. The van der Waals surface area contributed by atoms with E-state index in [4.69, 9.17) is 4.74 Å². The number of aromatic nitrogens is 2. The molecule has 1 atom stereocenters. The summed E-state index contributed by atoms with van der Waals surface area (Å²) in [5, 5.41) is 0. The van der Waals surface area contributed by atoms with E-state index in [9.17, 15) is 9.59 Å². The minimum absolute atomic E-state index is 0.0184. The SMILES string of the molecule is CCOC(=O)C1CCn2c1cc(C)c2C(=O)c1ccc(C(C)C)[nH]1. The van der Waals surface area contributed by atoms with Crippen molar-refractivity contribution in [3.8, 4) is 0 Å². The maximum atomic E-state index is 13.0. The van der Waals surface area contributed by atoms with E-state index in [-0.39, 0.29) is 17.7 Å². The van der Waals surface area contributed by atoms with Crippen LogP contribution in [0.2, 0.25) is 0 Å². The van der Waals surface area contributed by atoms with Crippen molar-refractivity contribution in [1.82, 2.24) is 9.55 Å². The van der Waals surface area contributed by atoms with Gasteiger partial charge in [0.2, 0.25) is 5.78 Å². The summed E-state index contributed by atoms with van der Waals surface area (Å²) in [6.07, 6.45) is 0.691. The fourth-order valence-electron chi connectivity index (χ4n) is 3.44. The highest BCUT2D eigenvalue weighted by Gasteiger charge is 2.34. The van der Waals surface area contributed by atoms with Gasteiger partial charge in [0.1, 0.15) is 0 Å². The highest BCUT2D eigenvalue weighted by atomic mass is 16.5. The molecule has 128 valence electrons. The number of ketones is 1. The number of H-pyrrole nitrogens is 1. The van der Waals surface area contributed by atoms with Crippen LogP contribution in [0.1, 0.15) is 72.2 Å². The second-order valence-corrected chi connectivity index (χ2v) is 6.66. The second kappa shape index (κ2) is 6.30. The Labute approximate surface area is 142 Å². The van der Waals surface area contributed by atoms with Crippen LogP contribution in [-0.4, -0.2) is 27.9 Å². The molecule has 0 aliphatic carbocycles. The number of ether oxygens (including phenoxy) is 1. The number of fused-ring (bicyclic) bond motifs is 1. The summed E-state index contributed by atoms with van der Waals surface area (Å²) in [6, 6.07) is 5.76. The minimum atomic E-state index is -0.264. The van der Waals surface area contributed by atoms with E-state index < -0.39 is 0 Å². The summed E-state index contributed by atoms with van der Waals surface area (Å²) in [7, 11) is 0. The maximum absolute atomic E-state index is 13.0. The summed E-state index contributed by atoms with van der Waals surface area (Å²) in [6.45, 7) is 8.96. The third-order valence-corrected chi connectivity index (χ3v) is 4.68. The Bertz CT molecular complexity index is 783. The molecule has 0 bridgehead atoms. The molecule has 1 unspecified atom stereocenters. The minimum Gasteiger partial charge on any atom is -0.465 e. The molecule has 3 heterocycles. The summed E-state index contributed by atoms with van der Waals surface area (Å²) < 4.78 is 7.14. The van der Waals surface area contributed by atoms with E-state index in [1.807, 2.05) is 36.6 Å². The monoisotopic (exact) mass is 328 g/mol. The zero-order chi connectivity index (χ0) is 17.4. The van der Waals surface area contributed by atoms with Crippen molar-refractivity contribution in [2.24, 2.45) is 0 Å². The molecule has 0 radical (unpaired) electrons. The van der Waals surface area contributed by atoms with E-state index in [0.717, 1.165) is 17.0 Å². The van der Waals surface area contributed by atoms with Gasteiger partial charge in [-0.3, -0.25) is 9.59 Å². The number of rotatable bonds is 5. The Morgan fingerprint density at radius 1 is 1.38 bits per heavy atom. The predicted molar refractivity (Wildman–Crippen MR) is 91.5 cm³/mol. The standard InChI is InChI=1S/C19H24N2O3/c1-5-24-19(23)13-8-9-21-16(13)10-12(4)17(21)18(22)15-7-6-14(20-15)11(2)3/h6-7,10-11,13,20H,5,8-9H2,1-4H3. The molecule has 0 spiro atoms. The molecule has 1 aliphatic rings. The van der Waals surface area contributed by atoms with Crippen molar-refractivity contribution in [3.63, 3.8) is 0 Å². The highest BCUT2D eigenvalue weighted by molar-refractivity contribution is 6.08. The number of nitrogens with one attached hydrogen (secondary N) is 1. The zero-order valence-electron chi connectivity index (χ0n) is 14.7. The lowest BCUT2D eigenvalue weighted by Crippen LogP contribution is -2.13. The van der Waals surface area contributed by atoms with Crippen molar-refractivity contribution in [2.45, 2.75) is 52.5 Å². The maximum Gasteiger partial charge on any atom is 0.315 e. The van der Waals surface area contributed by atoms with E-state index in [2.05, 4.69) is 18.8 Å². The number of carbonyl (C=O) groups is 2. The van der Waals surface area contributed by atoms with E-state index in [1.54, 1.807) is 0 Å². The average molecular weight is 328 g/mol. The molecular formula is C19H24N2O3. The lowest BCUT2D eigenvalue weighted by molar-refractivity contribution is -0.144. The van der Waals surface area contributed by atoms with Crippen LogP contribution < -0.4 is 0 Å². The molecule has 0 fully saturated rings. The van der Waals surface area contributed by atoms with Gasteiger partial charge in [0, 0.05) is 17.9 Å². The van der Waals surface area contributed by atoms with Gasteiger partial charge in [-0.05, 0) is 49.9 Å². The van der Waals surface area contributed by atoms with Crippen molar-refractivity contribution in [2.75, 3.05) is 6.61 Å². The first kappa shape index (κ1) is 16.6. The Hall–Kier alpha value is -2.30. The van der Waals surface area contributed by atoms with Gasteiger partial charge in [-0.2, -0.15) is 0 Å². The molecule has 1 aliphatic heterocycles. The van der Waals surface area contributed by atoms with Crippen molar-refractivity contribution >= 4 is 11.8 Å². The topological polar surface area (TPSA) is 64.1 Å². The van der Waals surface area contributed by atoms with Gasteiger partial charge in [0.25, 0.3) is 0 Å². The average Bonchev–Trinajstić information content (AvgIpc) is 3.20. The van der Waals surface area contributed by atoms with E-state index in [0.29, 0.717) is 36.9 Å². The largest absolute Gasteiger partial charge is 0.465 e. The molecule has 1 N–H and O–H groups in total. The van der Waals surface area contributed by atoms with Crippen LogP contribution >= 0.6 is 0 Å². The molecule has 2 aromatic heterocycles. The van der Waals surface area contributed by atoms with Crippen LogP contribution in [0.25, 0.3) is 0 Å². The van der Waals surface area contributed by atoms with Gasteiger partial charge in [-0.25, -0.2) is 0 Å². The van der Waals surface area contributed by atoms with Crippen molar-refractivity contribution in [3.05, 3.63) is 46.5 Å². The molecule has 3 rings (SSSR count). The van der Waals surface area contributed by atoms with E-state index >= 15 is 0 Å². The molecule has 5 nitrogen and oxygen atoms in total. The lowest BCUT2D eigenvalue weighted by atomic mass is 10.0. The number of hydrogen-bond donors (Lipinski definition) is 1. The smallest absolute Gasteiger partial charge is 0.315 e. The Kier molecular flexibility index (Phi) is 4.35. The molecule has 5 heteroatoms. The highest BCUT2D eigenvalue weighted by Crippen LogP contribution is 2.34. The van der Waals surface area contributed by atoms with Crippen LogP contribution in [0.4, 0.5) is 0 Å². The third kappa shape index (κ3) is 2.68. The van der Waals surface area contributed by atoms with Crippen LogP contribution in [0.15, 0.2) is 18.2 Å². The van der Waals surface area contributed by atoms with E-state index in [1.165, 1.54) is 0 Å². The van der Waals surface area contributed by atoms with Gasteiger partial charge in [0.05, 0.1) is 23.9 Å². The fourth-order valence-corrected chi connectivity index (χ4v) is 3.44. The third-order valence-electron chi connectivity index (χ3n) is 4.68. The number of esters is 1. The Morgan fingerprint density at radius 3 is 2.75 bits per heavy atom. The number of aromatic amines is 1. The Morgan fingerprint density at radius 2 is 2.12 bits per heavy atom. The first-order valence-electron chi connectivity index (χ1n) is 8.54. The molecule has 0 amide bonds. The second-order valence-electron chi connectivity index (χ2n) is 6.66. The van der Waals surface area contributed by atoms with Crippen LogP contribution in [0.3, 0.4) is 0 Å². The van der Waals surface area contributed by atoms with Gasteiger partial charge in [-0.15, -0.1) is 0 Å². The Balaban J connectivity index is 1.94. The molecule has 2 aromatic rings. The first-order valence-corrected chi connectivity index (χ1v) is 8.54. The fraction of sp³-hybridized carbons (Fsp3) is 0.474. The van der Waals surface area contributed by atoms with Gasteiger partial charge in [0.15, 0.2) is 0 Å². The summed E-state index contributed by atoms with van der Waals surface area (Å²) in [4.78, 5) is 28.3. The molecular weight excluding hydrogens is 304 g/mol. The number of aryl methyl sites for hydroxylation is 1. The lowest BCUT2D eigenvalue weighted by Gasteiger charge is -2.08. The molecule has 24 heavy (non-hydrogen) atoms. The van der Waals surface area contributed by atoms with Gasteiger partial charge in [-0.1, -0.05) is 13.8 Å². The summed E-state index contributed by atoms with van der Waals surface area (Å²) >= 11 is 0. The van der Waals surface area contributed by atoms with Crippen molar-refractivity contribution < 1.29 is 14.3 Å². The summed E-state index contributed by atoms with van der Waals surface area (Å²) in [5.74, 6) is -0.135. The van der Waals surface area contributed by atoms with Gasteiger partial charge < -0.3 is 14.3 Å². The molecule has 0 saturated heterocycles. The number of nitrogens with zero attached hydrogens (tertiary/aromatic N) is 1.